The molecule has 0 spiro atoms. The van der Waals surface area contributed by atoms with Crippen LogP contribution >= 0.6 is 0 Å². The summed E-state index contributed by atoms with van der Waals surface area (Å²) in [5.41, 5.74) is 0. The van der Waals surface area contributed by atoms with E-state index < -0.39 is 0 Å². The van der Waals surface area contributed by atoms with Gasteiger partial charge in [0.15, 0.2) is 0 Å². The Morgan fingerprint density at radius 1 is 1.53 bits per heavy atom. The average Bonchev–Trinajstić information content (AvgIpc) is 2.67. The Morgan fingerprint density at radius 2 is 2.33 bits per heavy atom. The van der Waals surface area contributed by atoms with E-state index in [0.717, 1.165) is 19.6 Å². The van der Waals surface area contributed by atoms with Crippen LogP contribution in [0.2, 0.25) is 0 Å². The maximum atomic E-state index is 11.6. The van der Waals surface area contributed by atoms with Crippen LogP contribution < -0.4 is 5.32 Å². The number of nitrogens with one attached hydrogen (secondary N) is 1. The van der Waals surface area contributed by atoms with Crippen LogP contribution in [0.1, 0.15) is 19.8 Å². The van der Waals surface area contributed by atoms with E-state index in [0.29, 0.717) is 18.6 Å². The summed E-state index contributed by atoms with van der Waals surface area (Å²) in [6.07, 6.45) is 2.54. The number of carbonyl (C=O) groups excluding carboxylic acids is 1. The van der Waals surface area contributed by atoms with Crippen molar-refractivity contribution in [3.8, 4) is 0 Å². The van der Waals surface area contributed by atoms with Gasteiger partial charge in [0.25, 0.3) is 0 Å². The van der Waals surface area contributed by atoms with Gasteiger partial charge in [0.05, 0.1) is 6.54 Å². The van der Waals surface area contributed by atoms with Crippen molar-refractivity contribution in [2.75, 3.05) is 33.2 Å². The van der Waals surface area contributed by atoms with Gasteiger partial charge in [-0.15, -0.1) is 0 Å². The topological polar surface area (TPSA) is 35.6 Å². The van der Waals surface area contributed by atoms with Crippen LogP contribution in [0.4, 0.5) is 0 Å². The number of amides is 1. The second-order valence-electron chi connectivity index (χ2n) is 4.85. The fraction of sp³-hybridized carbons (Fsp3) is 0.909. The Morgan fingerprint density at radius 3 is 3.00 bits per heavy atom. The minimum atomic E-state index is 0.256. The van der Waals surface area contributed by atoms with E-state index in [9.17, 15) is 4.79 Å². The lowest BCUT2D eigenvalue weighted by molar-refractivity contribution is -0.136. The van der Waals surface area contributed by atoms with Crippen molar-refractivity contribution in [3.05, 3.63) is 0 Å². The summed E-state index contributed by atoms with van der Waals surface area (Å²) < 4.78 is 0. The van der Waals surface area contributed by atoms with Crippen molar-refractivity contribution in [1.29, 1.82) is 0 Å². The lowest BCUT2D eigenvalue weighted by Gasteiger charge is -2.38. The van der Waals surface area contributed by atoms with Crippen LogP contribution in [0.5, 0.6) is 0 Å². The highest BCUT2D eigenvalue weighted by molar-refractivity contribution is 5.78. The number of piperazine rings is 1. The highest BCUT2D eigenvalue weighted by Gasteiger charge is 2.29. The van der Waals surface area contributed by atoms with Gasteiger partial charge < -0.3 is 10.2 Å². The van der Waals surface area contributed by atoms with Crippen molar-refractivity contribution in [1.82, 2.24) is 15.1 Å². The lowest BCUT2D eigenvalue weighted by Crippen LogP contribution is -2.56. The van der Waals surface area contributed by atoms with Crippen LogP contribution in [0.3, 0.4) is 0 Å². The third-order valence-corrected chi connectivity index (χ3v) is 3.54. The Labute approximate surface area is 91.6 Å². The summed E-state index contributed by atoms with van der Waals surface area (Å²) in [5.74, 6) is 0.256. The second kappa shape index (κ2) is 4.49. The molecule has 2 aliphatic rings. The number of likely N-dealkylation sites (N-methyl/N-ethyl adjacent to an activating group) is 1. The molecule has 2 aliphatic heterocycles. The molecule has 15 heavy (non-hydrogen) atoms. The molecule has 2 unspecified atom stereocenters. The van der Waals surface area contributed by atoms with Gasteiger partial charge in [-0.05, 0) is 26.3 Å². The maximum absolute atomic E-state index is 11.6. The highest BCUT2D eigenvalue weighted by atomic mass is 16.2. The van der Waals surface area contributed by atoms with Gasteiger partial charge in [-0.2, -0.15) is 0 Å². The molecule has 1 N–H and O–H groups in total. The van der Waals surface area contributed by atoms with Gasteiger partial charge in [0.2, 0.25) is 5.91 Å². The standard InChI is InChI=1S/C11H21N3O/c1-9-6-13(2)11(15)8-14(9)7-10-4-3-5-12-10/h9-10,12H,3-8H2,1-2H3. The SMILES string of the molecule is CC1CN(C)C(=O)CN1CC1CCCN1. The molecule has 0 bridgehead atoms. The molecule has 0 radical (unpaired) electrons. The zero-order chi connectivity index (χ0) is 10.8. The molecular formula is C11H21N3O. The van der Waals surface area contributed by atoms with Crippen LogP contribution in [0.15, 0.2) is 0 Å². The summed E-state index contributed by atoms with van der Waals surface area (Å²) in [4.78, 5) is 15.7. The number of hydrogen-bond donors (Lipinski definition) is 1. The number of hydrogen-bond acceptors (Lipinski definition) is 3. The van der Waals surface area contributed by atoms with Crippen molar-refractivity contribution in [2.24, 2.45) is 0 Å². The smallest absolute Gasteiger partial charge is 0.236 e. The molecule has 86 valence electrons. The first-order valence-corrected chi connectivity index (χ1v) is 5.88. The molecule has 4 nitrogen and oxygen atoms in total. The van der Waals surface area contributed by atoms with Gasteiger partial charge in [0.1, 0.15) is 0 Å². The molecule has 2 rings (SSSR count). The van der Waals surface area contributed by atoms with Crippen LogP contribution in [-0.4, -0.2) is 61.0 Å². The van der Waals surface area contributed by atoms with Crippen molar-refractivity contribution in [3.63, 3.8) is 0 Å². The first-order valence-electron chi connectivity index (χ1n) is 5.88. The molecule has 0 saturated carbocycles. The zero-order valence-corrected chi connectivity index (χ0v) is 9.70. The summed E-state index contributed by atoms with van der Waals surface area (Å²) in [7, 11) is 1.89. The fourth-order valence-corrected chi connectivity index (χ4v) is 2.50. The van der Waals surface area contributed by atoms with Crippen molar-refractivity contribution >= 4 is 5.91 Å². The Kier molecular flexibility index (Phi) is 3.26. The van der Waals surface area contributed by atoms with E-state index >= 15 is 0 Å². The minimum absolute atomic E-state index is 0.256. The van der Waals surface area contributed by atoms with Gasteiger partial charge in [-0.25, -0.2) is 0 Å². The molecular weight excluding hydrogens is 190 g/mol. The van der Waals surface area contributed by atoms with E-state index in [-0.39, 0.29) is 5.91 Å². The lowest BCUT2D eigenvalue weighted by atomic mass is 10.1. The predicted molar refractivity (Wildman–Crippen MR) is 59.7 cm³/mol. The predicted octanol–water partition coefficient (Wildman–Crippen LogP) is -0.0991. The van der Waals surface area contributed by atoms with Crippen LogP contribution in [0.25, 0.3) is 0 Å². The molecule has 0 aromatic heterocycles. The third kappa shape index (κ3) is 2.49. The Bertz CT molecular complexity index is 238. The first-order chi connectivity index (χ1) is 7.16. The van der Waals surface area contributed by atoms with Crippen LogP contribution in [-0.2, 0) is 4.79 Å². The fourth-order valence-electron chi connectivity index (χ4n) is 2.50. The Hall–Kier alpha value is -0.610. The molecule has 0 aromatic rings. The van der Waals surface area contributed by atoms with Crippen LogP contribution in [0, 0.1) is 0 Å². The Balaban J connectivity index is 1.87. The normalized spacial score (nSPS) is 33.7. The average molecular weight is 211 g/mol. The van der Waals surface area contributed by atoms with Gasteiger partial charge in [0, 0.05) is 32.2 Å². The first kappa shape index (κ1) is 10.9. The summed E-state index contributed by atoms with van der Waals surface area (Å²) >= 11 is 0. The molecule has 2 saturated heterocycles. The van der Waals surface area contributed by atoms with Crippen molar-refractivity contribution < 1.29 is 4.79 Å². The van der Waals surface area contributed by atoms with E-state index in [1.807, 2.05) is 11.9 Å². The molecule has 2 fully saturated rings. The number of carbonyl (C=O) groups is 1. The second-order valence-corrected chi connectivity index (χ2v) is 4.85. The van der Waals surface area contributed by atoms with Crippen molar-refractivity contribution in [2.45, 2.75) is 31.8 Å². The van der Waals surface area contributed by atoms with Gasteiger partial charge in [-0.3, -0.25) is 9.69 Å². The molecule has 0 aromatic carbocycles. The summed E-state index contributed by atoms with van der Waals surface area (Å²) in [6, 6.07) is 1.10. The number of nitrogens with zero attached hydrogens (tertiary/aromatic N) is 2. The molecule has 4 heteroatoms. The molecule has 2 heterocycles. The summed E-state index contributed by atoms with van der Waals surface area (Å²) in [5, 5.41) is 3.48. The van der Waals surface area contributed by atoms with E-state index in [1.165, 1.54) is 12.8 Å². The van der Waals surface area contributed by atoms with Gasteiger partial charge >= 0.3 is 0 Å². The molecule has 1 amide bonds. The monoisotopic (exact) mass is 211 g/mol. The third-order valence-electron chi connectivity index (χ3n) is 3.54. The zero-order valence-electron chi connectivity index (χ0n) is 9.70. The quantitative estimate of drug-likeness (QED) is 0.693. The minimum Gasteiger partial charge on any atom is -0.343 e. The molecule has 0 aliphatic carbocycles. The maximum Gasteiger partial charge on any atom is 0.236 e. The van der Waals surface area contributed by atoms with E-state index in [1.54, 1.807) is 0 Å². The highest BCUT2D eigenvalue weighted by Crippen LogP contribution is 2.13. The largest absolute Gasteiger partial charge is 0.343 e. The van der Waals surface area contributed by atoms with E-state index in [2.05, 4.69) is 17.1 Å². The van der Waals surface area contributed by atoms with E-state index in [4.69, 9.17) is 0 Å². The molecule has 2 atom stereocenters. The number of rotatable bonds is 2. The van der Waals surface area contributed by atoms with Gasteiger partial charge in [-0.1, -0.05) is 0 Å². The summed E-state index contributed by atoms with van der Waals surface area (Å²) in [6.45, 7) is 5.83.